The van der Waals surface area contributed by atoms with Crippen LogP contribution in [0, 0.1) is 0 Å². The molecule has 110 valence electrons. The summed E-state index contributed by atoms with van der Waals surface area (Å²) in [5, 5.41) is 7.58. The van der Waals surface area contributed by atoms with Crippen molar-refractivity contribution in [1.82, 2.24) is 15.2 Å². The van der Waals surface area contributed by atoms with Crippen LogP contribution in [0.2, 0.25) is 0 Å². The van der Waals surface area contributed by atoms with Crippen molar-refractivity contribution in [2.45, 2.75) is 36.1 Å². The molecule has 1 aromatic carbocycles. The zero-order valence-electron chi connectivity index (χ0n) is 12.1. The second kappa shape index (κ2) is 5.89. The highest BCUT2D eigenvalue weighted by atomic mass is 32.2. The third-order valence-electron chi connectivity index (χ3n) is 3.55. The van der Waals surface area contributed by atoms with E-state index in [1.807, 2.05) is 37.3 Å². The van der Waals surface area contributed by atoms with Crippen molar-refractivity contribution in [3.8, 4) is 0 Å². The fourth-order valence-corrected chi connectivity index (χ4v) is 2.93. The molecule has 2 aromatic rings. The van der Waals surface area contributed by atoms with Crippen LogP contribution < -0.4 is 4.90 Å². The van der Waals surface area contributed by atoms with Crippen molar-refractivity contribution in [2.75, 3.05) is 11.9 Å². The van der Waals surface area contributed by atoms with Gasteiger partial charge >= 0.3 is 0 Å². The van der Waals surface area contributed by atoms with Gasteiger partial charge in [0.25, 0.3) is 0 Å². The standard InChI is InChI=1S/C15H18N4OS/c1-10(14(20)19(2)12-6-4-3-5-7-12)21-15-16-13(17-18-15)11-8-9-11/h3-7,10-11H,8-9H2,1-2H3,(H,16,17,18). The van der Waals surface area contributed by atoms with E-state index in [2.05, 4.69) is 15.2 Å². The van der Waals surface area contributed by atoms with Crippen molar-refractivity contribution >= 4 is 23.4 Å². The lowest BCUT2D eigenvalue weighted by Gasteiger charge is -2.20. The number of carbonyl (C=O) groups is 1. The highest BCUT2D eigenvalue weighted by Crippen LogP contribution is 2.38. The third kappa shape index (κ3) is 3.26. The number of hydrogen-bond acceptors (Lipinski definition) is 4. The number of hydrogen-bond donors (Lipinski definition) is 1. The number of para-hydroxylation sites is 1. The van der Waals surface area contributed by atoms with Crippen LogP contribution in [-0.2, 0) is 4.79 Å². The number of anilines is 1. The lowest BCUT2D eigenvalue weighted by atomic mass is 10.3. The van der Waals surface area contributed by atoms with E-state index in [0.29, 0.717) is 11.1 Å². The molecule has 3 rings (SSSR count). The Kier molecular flexibility index (Phi) is 3.96. The molecule has 0 spiro atoms. The SMILES string of the molecule is CC(Sc1n[nH]c(C2CC2)n1)C(=O)N(C)c1ccccc1. The van der Waals surface area contributed by atoms with Gasteiger partial charge in [0, 0.05) is 18.7 Å². The number of aromatic amines is 1. The lowest BCUT2D eigenvalue weighted by molar-refractivity contribution is -0.117. The van der Waals surface area contributed by atoms with E-state index in [1.165, 1.54) is 24.6 Å². The van der Waals surface area contributed by atoms with Crippen molar-refractivity contribution in [3.05, 3.63) is 36.2 Å². The first kappa shape index (κ1) is 14.1. The Balaban J connectivity index is 1.63. The summed E-state index contributed by atoms with van der Waals surface area (Å²) < 4.78 is 0. The lowest BCUT2D eigenvalue weighted by Crippen LogP contribution is -2.33. The van der Waals surface area contributed by atoms with E-state index in [1.54, 1.807) is 11.9 Å². The maximum atomic E-state index is 12.4. The average Bonchev–Trinajstić information content (AvgIpc) is 3.27. The number of H-pyrrole nitrogens is 1. The number of thioether (sulfide) groups is 1. The maximum absolute atomic E-state index is 12.4. The van der Waals surface area contributed by atoms with Crippen LogP contribution in [0.3, 0.4) is 0 Å². The summed E-state index contributed by atoms with van der Waals surface area (Å²) in [6.07, 6.45) is 2.37. The molecular weight excluding hydrogens is 284 g/mol. The molecule has 5 nitrogen and oxygen atoms in total. The summed E-state index contributed by atoms with van der Waals surface area (Å²) in [6, 6.07) is 9.63. The fourth-order valence-electron chi connectivity index (χ4n) is 2.11. The number of carbonyl (C=O) groups excluding carboxylic acids is 1. The van der Waals surface area contributed by atoms with Gasteiger partial charge in [-0.2, -0.15) is 0 Å². The van der Waals surface area contributed by atoms with Gasteiger partial charge in [-0.3, -0.25) is 9.89 Å². The summed E-state index contributed by atoms with van der Waals surface area (Å²) >= 11 is 1.40. The van der Waals surface area contributed by atoms with Crippen molar-refractivity contribution in [1.29, 1.82) is 0 Å². The molecule has 0 aliphatic heterocycles. The van der Waals surface area contributed by atoms with Gasteiger partial charge in [-0.05, 0) is 31.9 Å². The zero-order chi connectivity index (χ0) is 14.8. The summed E-state index contributed by atoms with van der Waals surface area (Å²) in [5.41, 5.74) is 0.892. The zero-order valence-corrected chi connectivity index (χ0v) is 12.9. The van der Waals surface area contributed by atoms with Crippen LogP contribution >= 0.6 is 11.8 Å². The second-order valence-corrected chi connectivity index (χ2v) is 6.58. The number of benzene rings is 1. The smallest absolute Gasteiger partial charge is 0.240 e. The normalized spacial score (nSPS) is 15.7. The summed E-state index contributed by atoms with van der Waals surface area (Å²) in [6.45, 7) is 1.89. The van der Waals surface area contributed by atoms with E-state index in [4.69, 9.17) is 0 Å². The Hall–Kier alpha value is -1.82. The van der Waals surface area contributed by atoms with Gasteiger partial charge in [-0.1, -0.05) is 30.0 Å². The highest BCUT2D eigenvalue weighted by Gasteiger charge is 2.28. The summed E-state index contributed by atoms with van der Waals surface area (Å²) in [5.74, 6) is 1.54. The topological polar surface area (TPSA) is 61.9 Å². The number of nitrogens with one attached hydrogen (secondary N) is 1. The van der Waals surface area contributed by atoms with Gasteiger partial charge in [-0.15, -0.1) is 5.10 Å². The van der Waals surface area contributed by atoms with E-state index >= 15 is 0 Å². The Morgan fingerprint density at radius 3 is 2.76 bits per heavy atom. The predicted molar refractivity (Wildman–Crippen MR) is 83.5 cm³/mol. The molecule has 6 heteroatoms. The fraction of sp³-hybridized carbons (Fsp3) is 0.400. The average molecular weight is 302 g/mol. The van der Waals surface area contributed by atoms with Gasteiger partial charge in [-0.25, -0.2) is 4.98 Å². The molecule has 1 atom stereocenters. The van der Waals surface area contributed by atoms with Gasteiger partial charge in [0.1, 0.15) is 5.82 Å². The van der Waals surface area contributed by atoms with Gasteiger partial charge in [0.15, 0.2) is 0 Å². The number of nitrogens with zero attached hydrogens (tertiary/aromatic N) is 3. The maximum Gasteiger partial charge on any atom is 0.240 e. The van der Waals surface area contributed by atoms with Crippen LogP contribution in [0.5, 0.6) is 0 Å². The minimum Gasteiger partial charge on any atom is -0.315 e. The molecule has 1 amide bonds. The molecule has 1 N–H and O–H groups in total. The van der Waals surface area contributed by atoms with E-state index in [-0.39, 0.29) is 11.2 Å². The first-order chi connectivity index (χ1) is 10.1. The molecule has 0 bridgehead atoms. The molecule has 1 fully saturated rings. The minimum absolute atomic E-state index is 0.0453. The number of aromatic nitrogens is 3. The molecule has 0 saturated heterocycles. The number of amides is 1. The molecule has 1 saturated carbocycles. The van der Waals surface area contributed by atoms with Crippen molar-refractivity contribution in [2.24, 2.45) is 0 Å². The Morgan fingerprint density at radius 1 is 1.38 bits per heavy atom. The van der Waals surface area contributed by atoms with Crippen LogP contribution in [0.15, 0.2) is 35.5 Å². The Bertz CT molecular complexity index is 624. The molecule has 0 radical (unpaired) electrons. The number of rotatable bonds is 5. The van der Waals surface area contributed by atoms with Crippen molar-refractivity contribution in [3.63, 3.8) is 0 Å². The quantitative estimate of drug-likeness (QED) is 0.863. The summed E-state index contributed by atoms with van der Waals surface area (Å²) in [4.78, 5) is 18.6. The van der Waals surface area contributed by atoms with E-state index in [9.17, 15) is 4.79 Å². The predicted octanol–water partition coefficient (Wildman–Crippen LogP) is 2.83. The van der Waals surface area contributed by atoms with Crippen LogP contribution in [0.1, 0.15) is 31.5 Å². The second-order valence-electron chi connectivity index (χ2n) is 5.27. The van der Waals surface area contributed by atoms with Gasteiger partial charge in [0.05, 0.1) is 5.25 Å². The Morgan fingerprint density at radius 2 is 2.10 bits per heavy atom. The molecule has 1 aromatic heterocycles. The third-order valence-corrected chi connectivity index (χ3v) is 4.50. The largest absolute Gasteiger partial charge is 0.315 e. The van der Waals surface area contributed by atoms with Crippen LogP contribution in [-0.4, -0.2) is 33.4 Å². The van der Waals surface area contributed by atoms with Gasteiger partial charge in [0.2, 0.25) is 11.1 Å². The first-order valence-electron chi connectivity index (χ1n) is 7.06. The first-order valence-corrected chi connectivity index (χ1v) is 7.94. The highest BCUT2D eigenvalue weighted by molar-refractivity contribution is 8.00. The van der Waals surface area contributed by atoms with Crippen molar-refractivity contribution < 1.29 is 4.79 Å². The molecule has 1 unspecified atom stereocenters. The van der Waals surface area contributed by atoms with E-state index < -0.39 is 0 Å². The molecule has 1 aliphatic rings. The molecular formula is C15H18N4OS. The molecule has 21 heavy (non-hydrogen) atoms. The Labute approximate surface area is 128 Å². The molecule has 1 heterocycles. The summed E-state index contributed by atoms with van der Waals surface area (Å²) in [7, 11) is 1.79. The van der Waals surface area contributed by atoms with E-state index in [0.717, 1.165) is 11.5 Å². The van der Waals surface area contributed by atoms with Crippen LogP contribution in [0.25, 0.3) is 0 Å². The van der Waals surface area contributed by atoms with Crippen LogP contribution in [0.4, 0.5) is 5.69 Å². The van der Waals surface area contributed by atoms with Gasteiger partial charge < -0.3 is 4.90 Å². The monoisotopic (exact) mass is 302 g/mol. The molecule has 1 aliphatic carbocycles. The minimum atomic E-state index is -0.224.